The van der Waals surface area contributed by atoms with Gasteiger partial charge in [0.1, 0.15) is 23.5 Å². The topological polar surface area (TPSA) is 40.0 Å². The number of rotatable bonds is 10. The molecule has 1 aromatic rings. The van der Waals surface area contributed by atoms with Gasteiger partial charge in [0.25, 0.3) is 0 Å². The van der Waals surface area contributed by atoms with Crippen molar-refractivity contribution < 1.29 is 14.3 Å². The fraction of sp³-hybridized carbons (Fsp3) is 0.471. The molecular formula is C17H21Cl4NO3. The molecule has 1 rings (SSSR count). The first-order chi connectivity index (χ1) is 11.8. The molecule has 0 saturated carbocycles. The molecule has 0 aliphatic rings. The van der Waals surface area contributed by atoms with Gasteiger partial charge in [-0.15, -0.1) is 0 Å². The molecule has 0 aliphatic carbocycles. The third-order valence-electron chi connectivity index (χ3n) is 3.13. The zero-order chi connectivity index (χ0) is 18.8. The van der Waals surface area contributed by atoms with Crippen LogP contribution in [0.5, 0.6) is 11.5 Å². The Labute approximate surface area is 168 Å². The fourth-order valence-electron chi connectivity index (χ4n) is 1.51. The normalized spacial score (nSPS) is 11.4. The van der Waals surface area contributed by atoms with E-state index in [2.05, 4.69) is 19.0 Å². The molecular weight excluding hydrogens is 408 g/mol. The van der Waals surface area contributed by atoms with Gasteiger partial charge in [-0.3, -0.25) is 0 Å². The second-order valence-electron chi connectivity index (χ2n) is 5.44. The molecule has 0 atom stereocenters. The number of hydrogen-bond acceptors (Lipinski definition) is 4. The summed E-state index contributed by atoms with van der Waals surface area (Å²) in [5.74, 6) is 1.27. The van der Waals surface area contributed by atoms with Gasteiger partial charge in [0.15, 0.2) is 5.75 Å². The summed E-state index contributed by atoms with van der Waals surface area (Å²) in [6.45, 7) is 7.11. The van der Waals surface area contributed by atoms with E-state index in [0.717, 1.165) is 5.71 Å². The Morgan fingerprint density at radius 1 is 1.12 bits per heavy atom. The van der Waals surface area contributed by atoms with Gasteiger partial charge in [-0.1, -0.05) is 65.4 Å². The van der Waals surface area contributed by atoms with E-state index in [1.807, 2.05) is 6.92 Å². The Hall–Kier alpha value is -0.810. The smallest absolute Gasteiger partial charge is 0.156 e. The van der Waals surface area contributed by atoms with E-state index in [-0.39, 0.29) is 11.1 Å². The molecule has 0 aromatic heterocycles. The third kappa shape index (κ3) is 8.91. The third-order valence-corrected chi connectivity index (χ3v) is 4.00. The van der Waals surface area contributed by atoms with E-state index in [9.17, 15) is 0 Å². The van der Waals surface area contributed by atoms with Crippen molar-refractivity contribution in [2.75, 3.05) is 19.8 Å². The number of benzene rings is 1. The number of oxime groups is 1. The van der Waals surface area contributed by atoms with Crippen molar-refractivity contribution in [3.63, 3.8) is 0 Å². The van der Waals surface area contributed by atoms with E-state index >= 15 is 0 Å². The molecule has 0 N–H and O–H groups in total. The molecule has 140 valence electrons. The summed E-state index contributed by atoms with van der Waals surface area (Å²) in [6.07, 6.45) is 2.16. The van der Waals surface area contributed by atoms with Crippen LogP contribution in [0.1, 0.15) is 27.2 Å². The van der Waals surface area contributed by atoms with E-state index < -0.39 is 0 Å². The Balaban J connectivity index is 2.46. The second kappa shape index (κ2) is 11.7. The van der Waals surface area contributed by atoms with Crippen LogP contribution in [0.3, 0.4) is 0 Å². The molecule has 0 radical (unpaired) electrons. The predicted molar refractivity (Wildman–Crippen MR) is 106 cm³/mol. The molecule has 0 bridgehead atoms. The van der Waals surface area contributed by atoms with Crippen LogP contribution < -0.4 is 9.47 Å². The standard InChI is InChI=1S/C17H21Cl4NO3/c1-11(2)12(3)22-25-7-4-6-24-17-14(18)9-13(10-15(17)19)23-8-5-16(20)21/h5,9-11H,4,6-8H2,1-3H3/b22-12+. The van der Waals surface area contributed by atoms with Gasteiger partial charge in [-0.25, -0.2) is 0 Å². The van der Waals surface area contributed by atoms with Gasteiger partial charge in [-0.2, -0.15) is 0 Å². The molecule has 0 aliphatic heterocycles. The Morgan fingerprint density at radius 2 is 1.76 bits per heavy atom. The maximum atomic E-state index is 6.18. The average Bonchev–Trinajstić information content (AvgIpc) is 2.52. The van der Waals surface area contributed by atoms with Crippen LogP contribution >= 0.6 is 46.4 Å². The van der Waals surface area contributed by atoms with Crippen molar-refractivity contribution in [2.24, 2.45) is 11.1 Å². The van der Waals surface area contributed by atoms with Crippen LogP contribution in [0.4, 0.5) is 0 Å². The van der Waals surface area contributed by atoms with Gasteiger partial charge in [0, 0.05) is 18.6 Å². The maximum absolute atomic E-state index is 6.18. The van der Waals surface area contributed by atoms with Gasteiger partial charge >= 0.3 is 0 Å². The number of hydrogen-bond donors (Lipinski definition) is 0. The first-order valence-electron chi connectivity index (χ1n) is 7.73. The van der Waals surface area contributed by atoms with Gasteiger partial charge in [0.2, 0.25) is 0 Å². The maximum Gasteiger partial charge on any atom is 0.156 e. The van der Waals surface area contributed by atoms with Gasteiger partial charge < -0.3 is 14.3 Å². The predicted octanol–water partition coefficient (Wildman–Crippen LogP) is 6.51. The molecule has 25 heavy (non-hydrogen) atoms. The van der Waals surface area contributed by atoms with Crippen LogP contribution in [0.2, 0.25) is 10.0 Å². The minimum absolute atomic E-state index is 0.132. The van der Waals surface area contributed by atoms with Crippen molar-refractivity contribution in [3.05, 3.63) is 32.7 Å². The zero-order valence-corrected chi connectivity index (χ0v) is 17.3. The van der Waals surface area contributed by atoms with Crippen molar-refractivity contribution in [3.8, 4) is 11.5 Å². The highest BCUT2D eigenvalue weighted by Crippen LogP contribution is 2.37. The van der Waals surface area contributed by atoms with Crippen LogP contribution in [0.25, 0.3) is 0 Å². The number of ether oxygens (including phenoxy) is 2. The lowest BCUT2D eigenvalue weighted by Crippen LogP contribution is -2.05. The monoisotopic (exact) mass is 427 g/mol. The van der Waals surface area contributed by atoms with Crippen LogP contribution in [0.15, 0.2) is 27.9 Å². The average molecular weight is 429 g/mol. The van der Waals surface area contributed by atoms with E-state index in [1.54, 1.807) is 12.1 Å². The summed E-state index contributed by atoms with van der Waals surface area (Å²) in [5.41, 5.74) is 0.952. The van der Waals surface area contributed by atoms with Crippen molar-refractivity contribution in [2.45, 2.75) is 27.2 Å². The highest BCUT2D eigenvalue weighted by Gasteiger charge is 2.10. The summed E-state index contributed by atoms with van der Waals surface area (Å²) in [6, 6.07) is 3.23. The van der Waals surface area contributed by atoms with Crippen molar-refractivity contribution >= 4 is 52.1 Å². The van der Waals surface area contributed by atoms with Crippen LogP contribution in [0, 0.1) is 5.92 Å². The van der Waals surface area contributed by atoms with Crippen molar-refractivity contribution in [1.29, 1.82) is 0 Å². The van der Waals surface area contributed by atoms with Crippen molar-refractivity contribution in [1.82, 2.24) is 0 Å². The highest BCUT2D eigenvalue weighted by molar-refractivity contribution is 6.55. The summed E-state index contributed by atoms with van der Waals surface area (Å²) in [7, 11) is 0. The van der Waals surface area contributed by atoms with Crippen LogP contribution in [-0.2, 0) is 4.84 Å². The molecule has 4 nitrogen and oxygen atoms in total. The molecule has 8 heteroatoms. The molecule has 0 heterocycles. The molecule has 1 aromatic carbocycles. The zero-order valence-electron chi connectivity index (χ0n) is 14.3. The first kappa shape index (κ1) is 22.2. The van der Waals surface area contributed by atoms with E-state index in [1.165, 1.54) is 6.08 Å². The SMILES string of the molecule is C/C(=N\OCCCOc1c(Cl)cc(OCC=C(Cl)Cl)cc1Cl)C(C)C. The molecule has 0 spiro atoms. The summed E-state index contributed by atoms with van der Waals surface area (Å²) in [4.78, 5) is 5.23. The Morgan fingerprint density at radius 3 is 2.32 bits per heavy atom. The van der Waals surface area contributed by atoms with E-state index in [0.29, 0.717) is 47.1 Å². The van der Waals surface area contributed by atoms with Crippen LogP contribution in [-0.4, -0.2) is 25.5 Å². The second-order valence-corrected chi connectivity index (χ2v) is 7.27. The molecule has 0 saturated heterocycles. The Kier molecular flexibility index (Phi) is 10.4. The quantitative estimate of drug-likeness (QED) is 0.242. The fourth-order valence-corrected chi connectivity index (χ4v) is 2.21. The Bertz CT molecular complexity index is 591. The number of nitrogens with zero attached hydrogens (tertiary/aromatic N) is 1. The lowest BCUT2D eigenvalue weighted by Gasteiger charge is -2.12. The summed E-state index contributed by atoms with van der Waals surface area (Å²) >= 11 is 23.4. The van der Waals surface area contributed by atoms with Gasteiger partial charge in [-0.05, 0) is 18.9 Å². The lowest BCUT2D eigenvalue weighted by atomic mass is 10.1. The highest BCUT2D eigenvalue weighted by atomic mass is 35.5. The van der Waals surface area contributed by atoms with E-state index in [4.69, 9.17) is 60.7 Å². The molecule has 0 fully saturated rings. The number of halogens is 4. The largest absolute Gasteiger partial charge is 0.490 e. The lowest BCUT2D eigenvalue weighted by molar-refractivity contribution is 0.126. The van der Waals surface area contributed by atoms with Gasteiger partial charge in [0.05, 0.1) is 22.4 Å². The summed E-state index contributed by atoms with van der Waals surface area (Å²) < 4.78 is 11.2. The first-order valence-corrected chi connectivity index (χ1v) is 9.24. The minimum Gasteiger partial charge on any atom is -0.490 e. The summed E-state index contributed by atoms with van der Waals surface area (Å²) in [5, 5.41) is 4.74. The molecule has 0 amide bonds. The molecule has 0 unspecified atom stereocenters. The minimum atomic E-state index is 0.132.